The van der Waals surface area contributed by atoms with Gasteiger partial charge in [-0.1, -0.05) is 38.5 Å². The highest BCUT2D eigenvalue weighted by Crippen LogP contribution is 2.30. The van der Waals surface area contributed by atoms with Gasteiger partial charge in [-0.15, -0.1) is 11.3 Å². The maximum atomic E-state index is 5.67. The lowest BCUT2D eigenvalue weighted by Crippen LogP contribution is -2.44. The van der Waals surface area contributed by atoms with Gasteiger partial charge < -0.3 is 15.4 Å². The Morgan fingerprint density at radius 3 is 2.63 bits per heavy atom. The molecule has 30 heavy (non-hydrogen) atoms. The first kappa shape index (κ1) is 22.6. The third-order valence-electron chi connectivity index (χ3n) is 5.58. The van der Waals surface area contributed by atoms with E-state index >= 15 is 0 Å². The number of ether oxygens (including phenoxy) is 1. The number of rotatable bonds is 8. The minimum atomic E-state index is 0.243. The predicted molar refractivity (Wildman–Crippen MR) is 126 cm³/mol. The summed E-state index contributed by atoms with van der Waals surface area (Å²) < 4.78 is 5.67. The van der Waals surface area contributed by atoms with Crippen LogP contribution in [0.2, 0.25) is 0 Å². The van der Waals surface area contributed by atoms with Crippen molar-refractivity contribution in [2.24, 2.45) is 4.99 Å². The van der Waals surface area contributed by atoms with Crippen LogP contribution in [0.5, 0.6) is 5.75 Å². The molecule has 7 heteroatoms. The molecule has 1 fully saturated rings. The maximum absolute atomic E-state index is 5.67. The number of hydrogen-bond donors (Lipinski definition) is 2. The molecule has 6 nitrogen and oxygen atoms in total. The minimum absolute atomic E-state index is 0.243. The molecule has 0 spiro atoms. The van der Waals surface area contributed by atoms with Gasteiger partial charge in [0.05, 0.1) is 25.4 Å². The second kappa shape index (κ2) is 11.3. The van der Waals surface area contributed by atoms with E-state index in [9.17, 15) is 0 Å². The number of aliphatic imine (C=N–C) groups is 1. The minimum Gasteiger partial charge on any atom is -0.496 e. The van der Waals surface area contributed by atoms with E-state index < -0.39 is 0 Å². The van der Waals surface area contributed by atoms with Gasteiger partial charge in [0, 0.05) is 24.5 Å². The molecule has 1 aliphatic rings. The van der Waals surface area contributed by atoms with Gasteiger partial charge in [0.15, 0.2) is 5.96 Å². The SMILES string of the molecule is CN=C(NCc1nc(C(C)C)cs1)NCC(c1ccccc1OC)N1CCCCC1. The van der Waals surface area contributed by atoms with Crippen LogP contribution in [0.4, 0.5) is 0 Å². The van der Waals surface area contributed by atoms with Crippen molar-refractivity contribution in [2.45, 2.75) is 51.6 Å². The maximum Gasteiger partial charge on any atom is 0.191 e. The normalized spacial score (nSPS) is 16.5. The Balaban J connectivity index is 1.65. The first-order chi connectivity index (χ1) is 14.6. The number of methoxy groups -OCH3 is 1. The van der Waals surface area contributed by atoms with Crippen LogP contribution in [-0.4, -0.2) is 49.6 Å². The average molecular weight is 430 g/mol. The van der Waals surface area contributed by atoms with Crippen molar-refractivity contribution in [1.29, 1.82) is 0 Å². The van der Waals surface area contributed by atoms with Crippen LogP contribution >= 0.6 is 11.3 Å². The average Bonchev–Trinajstić information content (AvgIpc) is 3.26. The number of para-hydroxylation sites is 1. The number of nitrogens with one attached hydrogen (secondary N) is 2. The van der Waals surface area contributed by atoms with Gasteiger partial charge in [-0.05, 0) is 37.9 Å². The Morgan fingerprint density at radius 1 is 1.20 bits per heavy atom. The van der Waals surface area contributed by atoms with Crippen molar-refractivity contribution in [3.8, 4) is 5.75 Å². The number of piperidine rings is 1. The summed E-state index contributed by atoms with van der Waals surface area (Å²) >= 11 is 1.70. The zero-order valence-electron chi connectivity index (χ0n) is 18.6. The monoisotopic (exact) mass is 429 g/mol. The van der Waals surface area contributed by atoms with Crippen LogP contribution in [0.1, 0.15) is 61.3 Å². The molecule has 1 atom stereocenters. The molecule has 2 N–H and O–H groups in total. The van der Waals surface area contributed by atoms with E-state index in [2.05, 4.69) is 51.9 Å². The summed E-state index contributed by atoms with van der Waals surface area (Å²) in [5, 5.41) is 10.2. The van der Waals surface area contributed by atoms with E-state index in [0.717, 1.165) is 42.0 Å². The van der Waals surface area contributed by atoms with Gasteiger partial charge in [0.2, 0.25) is 0 Å². The first-order valence-electron chi connectivity index (χ1n) is 10.9. The van der Waals surface area contributed by atoms with Gasteiger partial charge in [-0.25, -0.2) is 4.98 Å². The van der Waals surface area contributed by atoms with Crippen LogP contribution in [-0.2, 0) is 6.54 Å². The molecule has 3 rings (SSSR count). The van der Waals surface area contributed by atoms with Gasteiger partial charge in [-0.3, -0.25) is 9.89 Å². The second-order valence-corrected chi connectivity index (χ2v) is 8.92. The fraction of sp³-hybridized carbons (Fsp3) is 0.565. The number of likely N-dealkylation sites (tertiary alicyclic amines) is 1. The van der Waals surface area contributed by atoms with E-state index in [-0.39, 0.29) is 6.04 Å². The Hall–Kier alpha value is -2.12. The second-order valence-electron chi connectivity index (χ2n) is 7.98. The highest BCUT2D eigenvalue weighted by Gasteiger charge is 2.25. The molecule has 0 radical (unpaired) electrons. The van der Waals surface area contributed by atoms with Gasteiger partial charge >= 0.3 is 0 Å². The van der Waals surface area contributed by atoms with E-state index in [0.29, 0.717) is 12.5 Å². The third kappa shape index (κ3) is 5.95. The van der Waals surface area contributed by atoms with Crippen LogP contribution in [0.3, 0.4) is 0 Å². The lowest BCUT2D eigenvalue weighted by atomic mass is 10.0. The van der Waals surface area contributed by atoms with E-state index in [4.69, 9.17) is 9.72 Å². The number of guanidine groups is 1. The molecule has 0 aliphatic carbocycles. The van der Waals surface area contributed by atoms with E-state index in [1.807, 2.05) is 19.2 Å². The molecule has 0 bridgehead atoms. The molecule has 1 unspecified atom stereocenters. The lowest BCUT2D eigenvalue weighted by molar-refractivity contribution is 0.161. The molecule has 1 aromatic carbocycles. The first-order valence-corrected chi connectivity index (χ1v) is 11.8. The van der Waals surface area contributed by atoms with Crippen molar-refractivity contribution in [3.05, 3.63) is 45.9 Å². The molecule has 1 aliphatic heterocycles. The predicted octanol–water partition coefficient (Wildman–Crippen LogP) is 4.17. The van der Waals surface area contributed by atoms with E-state index in [1.165, 1.54) is 24.8 Å². The number of hydrogen-bond acceptors (Lipinski definition) is 5. The van der Waals surface area contributed by atoms with Gasteiger partial charge in [-0.2, -0.15) is 0 Å². The zero-order valence-corrected chi connectivity index (χ0v) is 19.5. The van der Waals surface area contributed by atoms with Crippen molar-refractivity contribution >= 4 is 17.3 Å². The van der Waals surface area contributed by atoms with Gasteiger partial charge in [0.1, 0.15) is 10.8 Å². The molecule has 2 aromatic rings. The topological polar surface area (TPSA) is 61.8 Å². The number of thiazole rings is 1. The summed E-state index contributed by atoms with van der Waals surface area (Å²) in [6, 6.07) is 8.60. The summed E-state index contributed by atoms with van der Waals surface area (Å²) in [4.78, 5) is 11.7. The van der Waals surface area contributed by atoms with Crippen LogP contribution < -0.4 is 15.4 Å². The van der Waals surface area contributed by atoms with Crippen molar-refractivity contribution in [3.63, 3.8) is 0 Å². The molecule has 2 heterocycles. The van der Waals surface area contributed by atoms with Crippen molar-refractivity contribution in [1.82, 2.24) is 20.5 Å². The zero-order chi connectivity index (χ0) is 21.3. The quantitative estimate of drug-likeness (QED) is 0.487. The Bertz CT molecular complexity index is 813. The summed E-state index contributed by atoms with van der Waals surface area (Å²) in [5.74, 6) is 2.20. The molecule has 1 aromatic heterocycles. The third-order valence-corrected chi connectivity index (χ3v) is 6.45. The molecule has 164 valence electrons. The molecule has 1 saturated heterocycles. The van der Waals surface area contributed by atoms with Crippen LogP contribution in [0, 0.1) is 0 Å². The smallest absolute Gasteiger partial charge is 0.191 e. The Labute approximate surface area is 184 Å². The largest absolute Gasteiger partial charge is 0.496 e. The summed E-state index contributed by atoms with van der Waals surface area (Å²) in [5.41, 5.74) is 2.38. The summed E-state index contributed by atoms with van der Waals surface area (Å²) in [7, 11) is 3.56. The van der Waals surface area contributed by atoms with Crippen LogP contribution in [0.15, 0.2) is 34.6 Å². The fourth-order valence-corrected chi connectivity index (χ4v) is 4.75. The molecule has 0 saturated carbocycles. The number of benzene rings is 1. The summed E-state index contributed by atoms with van der Waals surface area (Å²) in [6.45, 7) is 8.03. The molecular formula is C23H35N5OS. The molecule has 0 amide bonds. The van der Waals surface area contributed by atoms with E-state index in [1.54, 1.807) is 18.4 Å². The van der Waals surface area contributed by atoms with Crippen molar-refractivity contribution < 1.29 is 4.74 Å². The highest BCUT2D eigenvalue weighted by molar-refractivity contribution is 7.09. The van der Waals surface area contributed by atoms with Gasteiger partial charge in [0.25, 0.3) is 0 Å². The van der Waals surface area contributed by atoms with Crippen molar-refractivity contribution in [2.75, 3.05) is 33.8 Å². The number of nitrogens with zero attached hydrogens (tertiary/aromatic N) is 3. The fourth-order valence-electron chi connectivity index (χ4n) is 3.85. The van der Waals surface area contributed by atoms with Crippen LogP contribution in [0.25, 0.3) is 0 Å². The number of aromatic nitrogens is 1. The lowest BCUT2D eigenvalue weighted by Gasteiger charge is -2.35. The highest BCUT2D eigenvalue weighted by atomic mass is 32.1. The Morgan fingerprint density at radius 2 is 1.97 bits per heavy atom. The Kier molecular flexibility index (Phi) is 8.51. The summed E-state index contributed by atoms with van der Waals surface area (Å²) in [6.07, 6.45) is 3.82. The standard InChI is InChI=1S/C23H35N5OS/c1-17(2)19-16-30-22(27-19)15-26-23(24-3)25-14-20(28-12-8-5-9-13-28)18-10-6-7-11-21(18)29-4/h6-7,10-11,16-17,20H,5,8-9,12-15H2,1-4H3,(H2,24,25,26). The molecular weight excluding hydrogens is 394 g/mol.